The van der Waals surface area contributed by atoms with Gasteiger partial charge in [-0.1, -0.05) is 0 Å². The summed E-state index contributed by atoms with van der Waals surface area (Å²) in [6.07, 6.45) is 2.26. The number of nitrogen functional groups attached to an aromatic ring is 1. The zero-order valence-corrected chi connectivity index (χ0v) is 11.9. The molecule has 0 radical (unpaired) electrons. The molecule has 0 atom stereocenters. The zero-order chi connectivity index (χ0) is 14.5. The van der Waals surface area contributed by atoms with E-state index < -0.39 is 0 Å². The van der Waals surface area contributed by atoms with Gasteiger partial charge in [-0.05, 0) is 26.7 Å². The molecule has 4 N–H and O–H groups in total. The van der Waals surface area contributed by atoms with Gasteiger partial charge < -0.3 is 21.3 Å². The normalized spacial score (nSPS) is 14.7. The Morgan fingerprint density at radius 1 is 1.30 bits per heavy atom. The largest absolute Gasteiger partial charge is 0.368 e. The van der Waals surface area contributed by atoms with Gasteiger partial charge in [0.2, 0.25) is 23.8 Å². The van der Waals surface area contributed by atoms with E-state index in [2.05, 4.69) is 30.5 Å². The maximum atomic E-state index is 11.6. The van der Waals surface area contributed by atoms with Crippen LogP contribution in [0.25, 0.3) is 0 Å². The highest BCUT2D eigenvalue weighted by atomic mass is 16.1. The van der Waals surface area contributed by atoms with Crippen LogP contribution in [-0.2, 0) is 4.79 Å². The number of rotatable bonds is 5. The van der Waals surface area contributed by atoms with Crippen molar-refractivity contribution in [3.63, 3.8) is 0 Å². The van der Waals surface area contributed by atoms with E-state index in [1.54, 1.807) is 0 Å². The highest BCUT2D eigenvalue weighted by Crippen LogP contribution is 2.17. The van der Waals surface area contributed by atoms with Crippen LogP contribution in [0.2, 0.25) is 0 Å². The van der Waals surface area contributed by atoms with Gasteiger partial charge >= 0.3 is 0 Å². The molecule has 1 aliphatic heterocycles. The molecule has 110 valence electrons. The second-order valence-corrected chi connectivity index (χ2v) is 5.09. The average molecular weight is 279 g/mol. The number of nitrogens with two attached hydrogens (primary N) is 1. The third-order valence-corrected chi connectivity index (χ3v) is 2.89. The third kappa shape index (κ3) is 3.94. The van der Waals surface area contributed by atoms with Gasteiger partial charge in [-0.2, -0.15) is 15.0 Å². The Kier molecular flexibility index (Phi) is 4.54. The van der Waals surface area contributed by atoms with Crippen molar-refractivity contribution < 1.29 is 4.79 Å². The van der Waals surface area contributed by atoms with Crippen molar-refractivity contribution in [2.24, 2.45) is 0 Å². The lowest BCUT2D eigenvalue weighted by molar-refractivity contribution is -0.119. The Bertz CT molecular complexity index is 471. The first-order valence-electron chi connectivity index (χ1n) is 6.84. The molecule has 1 aliphatic rings. The van der Waals surface area contributed by atoms with Crippen LogP contribution in [0.3, 0.4) is 0 Å². The van der Waals surface area contributed by atoms with Crippen LogP contribution < -0.4 is 21.3 Å². The third-order valence-electron chi connectivity index (χ3n) is 2.89. The van der Waals surface area contributed by atoms with Crippen LogP contribution in [0.15, 0.2) is 0 Å². The van der Waals surface area contributed by atoms with Crippen LogP contribution in [-0.4, -0.2) is 46.5 Å². The monoisotopic (exact) mass is 279 g/mol. The molecular weight excluding hydrogens is 258 g/mol. The first kappa shape index (κ1) is 14.3. The van der Waals surface area contributed by atoms with Crippen molar-refractivity contribution in [1.29, 1.82) is 0 Å². The summed E-state index contributed by atoms with van der Waals surface area (Å²) in [5.41, 5.74) is 5.68. The van der Waals surface area contributed by atoms with Gasteiger partial charge in [0.15, 0.2) is 0 Å². The number of anilines is 3. The molecule has 8 nitrogen and oxygen atoms in total. The lowest BCUT2D eigenvalue weighted by atomic mass is 10.4. The maximum Gasteiger partial charge on any atom is 0.239 e. The van der Waals surface area contributed by atoms with Crippen LogP contribution in [0.5, 0.6) is 0 Å². The molecule has 0 spiro atoms. The summed E-state index contributed by atoms with van der Waals surface area (Å²) < 4.78 is 0. The summed E-state index contributed by atoms with van der Waals surface area (Å²) in [6, 6.07) is 0.105. The first-order valence-corrected chi connectivity index (χ1v) is 6.84. The fourth-order valence-corrected chi connectivity index (χ4v) is 2.05. The number of nitrogens with one attached hydrogen (secondary N) is 2. The van der Waals surface area contributed by atoms with Crippen molar-refractivity contribution in [3.8, 4) is 0 Å². The number of carbonyl (C=O) groups excluding carboxylic acids is 1. The molecule has 2 rings (SSSR count). The maximum absolute atomic E-state index is 11.6. The molecule has 0 aliphatic carbocycles. The number of amides is 1. The Hall–Kier alpha value is -2.12. The molecule has 1 fully saturated rings. The van der Waals surface area contributed by atoms with Crippen LogP contribution in [0.1, 0.15) is 26.7 Å². The second kappa shape index (κ2) is 6.36. The lowest BCUT2D eigenvalue weighted by Gasteiger charge is -2.16. The number of nitrogens with zero attached hydrogens (tertiary/aromatic N) is 4. The fraction of sp³-hybridized carbons (Fsp3) is 0.667. The minimum atomic E-state index is -0.110. The molecule has 0 unspecified atom stereocenters. The van der Waals surface area contributed by atoms with Gasteiger partial charge in [0.1, 0.15) is 0 Å². The SMILES string of the molecule is CC(C)NC(=O)CNc1nc(N)nc(N2CCCC2)n1. The van der Waals surface area contributed by atoms with Crippen LogP contribution >= 0.6 is 0 Å². The molecule has 1 aromatic heterocycles. The van der Waals surface area contributed by atoms with Crippen molar-refractivity contribution in [2.45, 2.75) is 32.7 Å². The van der Waals surface area contributed by atoms with E-state index in [4.69, 9.17) is 5.73 Å². The van der Waals surface area contributed by atoms with E-state index in [0.717, 1.165) is 25.9 Å². The summed E-state index contributed by atoms with van der Waals surface area (Å²) >= 11 is 0. The van der Waals surface area contributed by atoms with E-state index >= 15 is 0 Å². The molecule has 8 heteroatoms. The lowest BCUT2D eigenvalue weighted by Crippen LogP contribution is -2.35. The van der Waals surface area contributed by atoms with E-state index in [0.29, 0.717) is 11.9 Å². The molecule has 0 saturated carbocycles. The summed E-state index contributed by atoms with van der Waals surface area (Å²) in [7, 11) is 0. The number of hydrogen-bond acceptors (Lipinski definition) is 7. The van der Waals surface area contributed by atoms with Gasteiger partial charge in [0, 0.05) is 19.1 Å². The fourth-order valence-electron chi connectivity index (χ4n) is 2.05. The Labute approximate surface area is 118 Å². The Balaban J connectivity index is 1.99. The summed E-state index contributed by atoms with van der Waals surface area (Å²) in [5.74, 6) is 0.954. The minimum absolute atomic E-state index is 0.105. The summed E-state index contributed by atoms with van der Waals surface area (Å²) in [4.78, 5) is 26.1. The molecule has 0 aromatic carbocycles. The summed E-state index contributed by atoms with van der Waals surface area (Å²) in [5, 5.41) is 5.66. The predicted molar refractivity (Wildman–Crippen MR) is 77.5 cm³/mol. The van der Waals surface area contributed by atoms with Gasteiger partial charge in [-0.25, -0.2) is 0 Å². The molecule has 1 aromatic rings. The number of aromatic nitrogens is 3. The van der Waals surface area contributed by atoms with Crippen LogP contribution in [0.4, 0.5) is 17.8 Å². The topological polar surface area (TPSA) is 109 Å². The van der Waals surface area contributed by atoms with Crippen molar-refractivity contribution in [1.82, 2.24) is 20.3 Å². The quantitative estimate of drug-likeness (QED) is 0.695. The second-order valence-electron chi connectivity index (χ2n) is 5.09. The van der Waals surface area contributed by atoms with E-state index in [-0.39, 0.29) is 24.4 Å². The van der Waals surface area contributed by atoms with Gasteiger partial charge in [-0.3, -0.25) is 4.79 Å². The van der Waals surface area contributed by atoms with Crippen molar-refractivity contribution in [3.05, 3.63) is 0 Å². The summed E-state index contributed by atoms with van der Waals surface area (Å²) in [6.45, 7) is 5.78. The standard InChI is InChI=1S/C12H21N7O/c1-8(2)15-9(20)7-14-11-16-10(13)17-12(18-11)19-5-3-4-6-19/h8H,3-7H2,1-2H3,(H,15,20)(H3,13,14,16,17,18). The van der Waals surface area contributed by atoms with Crippen molar-refractivity contribution in [2.75, 3.05) is 35.6 Å². The van der Waals surface area contributed by atoms with Gasteiger partial charge in [-0.15, -0.1) is 0 Å². The molecule has 1 saturated heterocycles. The van der Waals surface area contributed by atoms with E-state index in [1.807, 2.05) is 13.8 Å². The molecule has 20 heavy (non-hydrogen) atoms. The molecule has 1 amide bonds. The number of hydrogen-bond donors (Lipinski definition) is 3. The smallest absolute Gasteiger partial charge is 0.239 e. The van der Waals surface area contributed by atoms with Gasteiger partial charge in [0.05, 0.1) is 6.54 Å². The highest BCUT2D eigenvalue weighted by Gasteiger charge is 2.17. The Morgan fingerprint density at radius 3 is 2.65 bits per heavy atom. The van der Waals surface area contributed by atoms with Crippen molar-refractivity contribution >= 4 is 23.8 Å². The van der Waals surface area contributed by atoms with Crippen LogP contribution in [0, 0.1) is 0 Å². The predicted octanol–water partition coefficient (Wildman–Crippen LogP) is -0.00950. The Morgan fingerprint density at radius 2 is 2.00 bits per heavy atom. The molecule has 2 heterocycles. The van der Waals surface area contributed by atoms with E-state index in [1.165, 1.54) is 0 Å². The number of carbonyl (C=O) groups is 1. The van der Waals surface area contributed by atoms with E-state index in [9.17, 15) is 4.79 Å². The molecular formula is C12H21N7O. The average Bonchev–Trinajstić information content (AvgIpc) is 2.89. The highest BCUT2D eigenvalue weighted by molar-refractivity contribution is 5.80. The zero-order valence-electron chi connectivity index (χ0n) is 11.9. The first-order chi connectivity index (χ1) is 9.54. The molecule has 0 bridgehead atoms. The minimum Gasteiger partial charge on any atom is -0.368 e. The van der Waals surface area contributed by atoms with Gasteiger partial charge in [0.25, 0.3) is 0 Å².